The van der Waals surface area contributed by atoms with Crippen molar-refractivity contribution in [3.8, 4) is 5.75 Å². The number of benzene rings is 1. The van der Waals surface area contributed by atoms with Crippen LogP contribution in [0.5, 0.6) is 5.75 Å². The topological polar surface area (TPSA) is 46.5 Å². The predicted octanol–water partition coefficient (Wildman–Crippen LogP) is 3.25. The second-order valence-corrected chi connectivity index (χ2v) is 5.20. The Labute approximate surface area is 107 Å². The molecule has 2 rings (SSSR count). The third-order valence-electron chi connectivity index (χ3n) is 3.47. The number of hydrogen-bond acceptors (Lipinski definition) is 2. The van der Waals surface area contributed by atoms with Crippen molar-refractivity contribution in [2.75, 3.05) is 0 Å². The molecule has 1 heterocycles. The summed E-state index contributed by atoms with van der Waals surface area (Å²) >= 11 is 0. The highest BCUT2D eigenvalue weighted by Crippen LogP contribution is 2.38. The maximum atomic E-state index is 10.9. The molecule has 0 amide bonds. The fourth-order valence-electron chi connectivity index (χ4n) is 2.33. The average Bonchev–Trinajstić information content (AvgIpc) is 2.24. The molecule has 3 heteroatoms. The van der Waals surface area contributed by atoms with Crippen molar-refractivity contribution in [2.45, 2.75) is 39.7 Å². The van der Waals surface area contributed by atoms with Crippen molar-refractivity contribution in [2.24, 2.45) is 0 Å². The van der Waals surface area contributed by atoms with E-state index in [0.29, 0.717) is 0 Å². The highest BCUT2D eigenvalue weighted by molar-refractivity contribution is 5.72. The number of carbonyl (C=O) groups is 1. The molecule has 0 spiro atoms. The first-order valence-electron chi connectivity index (χ1n) is 6.03. The first kappa shape index (κ1) is 12.7. The molecule has 1 aromatic rings. The number of carboxylic acid groups (broad SMARTS) is 1. The van der Waals surface area contributed by atoms with Gasteiger partial charge in [-0.2, -0.15) is 0 Å². The van der Waals surface area contributed by atoms with Gasteiger partial charge < -0.3 is 9.84 Å². The molecular formula is C15H18O3. The normalized spacial score (nSPS) is 21.3. The zero-order valence-corrected chi connectivity index (χ0v) is 11.2. The van der Waals surface area contributed by atoms with Gasteiger partial charge in [-0.05, 0) is 50.5 Å². The van der Waals surface area contributed by atoms with Gasteiger partial charge in [0.1, 0.15) is 11.4 Å². The van der Waals surface area contributed by atoms with Crippen LogP contribution in [0.25, 0.3) is 6.08 Å². The molecule has 0 saturated heterocycles. The van der Waals surface area contributed by atoms with E-state index >= 15 is 0 Å². The SMILES string of the molecule is Cc1cc(C)c2c(c1C)OC(C)(CC(=O)O)C=C2. The second kappa shape index (κ2) is 4.16. The van der Waals surface area contributed by atoms with Crippen molar-refractivity contribution in [1.29, 1.82) is 0 Å². The van der Waals surface area contributed by atoms with Gasteiger partial charge >= 0.3 is 5.97 Å². The van der Waals surface area contributed by atoms with E-state index in [0.717, 1.165) is 22.4 Å². The van der Waals surface area contributed by atoms with E-state index in [4.69, 9.17) is 9.84 Å². The fraction of sp³-hybridized carbons (Fsp3) is 0.400. The number of hydrogen-bond donors (Lipinski definition) is 1. The minimum absolute atomic E-state index is 0.0324. The van der Waals surface area contributed by atoms with Gasteiger partial charge in [-0.3, -0.25) is 4.79 Å². The van der Waals surface area contributed by atoms with Crippen molar-refractivity contribution >= 4 is 12.0 Å². The van der Waals surface area contributed by atoms with E-state index in [1.807, 2.05) is 32.9 Å². The third kappa shape index (κ3) is 2.13. The number of aryl methyl sites for hydroxylation is 2. The van der Waals surface area contributed by atoms with E-state index in [-0.39, 0.29) is 6.42 Å². The Bertz CT molecular complexity index is 543. The van der Waals surface area contributed by atoms with E-state index < -0.39 is 11.6 Å². The summed E-state index contributed by atoms with van der Waals surface area (Å²) in [5.74, 6) is -0.0358. The van der Waals surface area contributed by atoms with Gasteiger partial charge in [0.05, 0.1) is 6.42 Å². The van der Waals surface area contributed by atoms with Crippen LogP contribution in [0.4, 0.5) is 0 Å². The molecule has 96 valence electrons. The van der Waals surface area contributed by atoms with Gasteiger partial charge in [0.25, 0.3) is 0 Å². The first-order valence-corrected chi connectivity index (χ1v) is 6.03. The molecule has 1 aliphatic heterocycles. The Morgan fingerprint density at radius 2 is 2.00 bits per heavy atom. The van der Waals surface area contributed by atoms with Crippen LogP contribution in [0, 0.1) is 20.8 Å². The van der Waals surface area contributed by atoms with Crippen LogP contribution in [0.3, 0.4) is 0 Å². The Hall–Kier alpha value is -1.77. The number of fused-ring (bicyclic) bond motifs is 1. The lowest BCUT2D eigenvalue weighted by molar-refractivity contribution is -0.140. The number of carboxylic acids is 1. The quantitative estimate of drug-likeness (QED) is 0.871. The van der Waals surface area contributed by atoms with E-state index in [2.05, 4.69) is 6.07 Å². The lowest BCUT2D eigenvalue weighted by Gasteiger charge is -2.32. The average molecular weight is 246 g/mol. The number of aliphatic carboxylic acids is 1. The smallest absolute Gasteiger partial charge is 0.307 e. The fourth-order valence-corrected chi connectivity index (χ4v) is 2.33. The standard InChI is InChI=1S/C15H18O3/c1-9-7-10(2)12-5-6-15(4,8-13(16)17)18-14(12)11(9)3/h5-7H,8H2,1-4H3,(H,16,17). The van der Waals surface area contributed by atoms with Gasteiger partial charge in [0.15, 0.2) is 0 Å². The zero-order valence-electron chi connectivity index (χ0n) is 11.2. The monoisotopic (exact) mass is 246 g/mol. The first-order chi connectivity index (χ1) is 8.32. The van der Waals surface area contributed by atoms with Crippen molar-refractivity contribution < 1.29 is 14.6 Å². The van der Waals surface area contributed by atoms with Gasteiger partial charge in [-0.25, -0.2) is 0 Å². The molecule has 3 nitrogen and oxygen atoms in total. The van der Waals surface area contributed by atoms with Crippen molar-refractivity contribution in [3.63, 3.8) is 0 Å². The predicted molar refractivity (Wildman–Crippen MR) is 71.0 cm³/mol. The molecule has 18 heavy (non-hydrogen) atoms. The lowest BCUT2D eigenvalue weighted by Crippen LogP contribution is -2.35. The number of rotatable bonds is 2. The highest BCUT2D eigenvalue weighted by atomic mass is 16.5. The van der Waals surface area contributed by atoms with Crippen molar-refractivity contribution in [1.82, 2.24) is 0 Å². The minimum Gasteiger partial charge on any atom is -0.482 e. The van der Waals surface area contributed by atoms with Crippen LogP contribution in [0.2, 0.25) is 0 Å². The Balaban J connectivity index is 2.49. The molecule has 1 atom stereocenters. The summed E-state index contributed by atoms with van der Waals surface area (Å²) in [6.45, 7) is 7.89. The van der Waals surface area contributed by atoms with Crippen LogP contribution in [-0.2, 0) is 4.79 Å². The van der Waals surface area contributed by atoms with Gasteiger partial charge in [-0.1, -0.05) is 12.1 Å². The molecule has 1 N–H and O–H groups in total. The van der Waals surface area contributed by atoms with Gasteiger partial charge in [0, 0.05) is 5.56 Å². The Morgan fingerprint density at radius 1 is 1.33 bits per heavy atom. The molecule has 0 aromatic heterocycles. The van der Waals surface area contributed by atoms with Crippen molar-refractivity contribution in [3.05, 3.63) is 34.4 Å². The summed E-state index contributed by atoms with van der Waals surface area (Å²) in [4.78, 5) is 10.9. The molecule has 0 radical (unpaired) electrons. The van der Waals surface area contributed by atoms with Gasteiger partial charge in [0.2, 0.25) is 0 Å². The molecule has 1 aromatic carbocycles. The molecule has 0 bridgehead atoms. The molecule has 0 aliphatic carbocycles. The largest absolute Gasteiger partial charge is 0.482 e. The summed E-state index contributed by atoms with van der Waals surface area (Å²) in [5, 5.41) is 8.94. The summed E-state index contributed by atoms with van der Waals surface area (Å²) < 4.78 is 5.96. The molecule has 0 saturated carbocycles. The highest BCUT2D eigenvalue weighted by Gasteiger charge is 2.31. The van der Waals surface area contributed by atoms with E-state index in [1.54, 1.807) is 6.92 Å². The van der Waals surface area contributed by atoms with Crippen LogP contribution < -0.4 is 4.74 Å². The van der Waals surface area contributed by atoms with Crippen LogP contribution in [0.15, 0.2) is 12.1 Å². The molecule has 1 aliphatic rings. The summed E-state index contributed by atoms with van der Waals surface area (Å²) in [6, 6.07) is 2.13. The maximum absolute atomic E-state index is 10.9. The summed E-state index contributed by atoms with van der Waals surface area (Å²) in [6.07, 6.45) is 3.78. The Kier molecular flexibility index (Phi) is 2.93. The van der Waals surface area contributed by atoms with E-state index in [9.17, 15) is 4.79 Å². The van der Waals surface area contributed by atoms with Crippen LogP contribution >= 0.6 is 0 Å². The minimum atomic E-state index is -0.854. The third-order valence-corrected chi connectivity index (χ3v) is 3.47. The summed E-state index contributed by atoms with van der Waals surface area (Å²) in [7, 11) is 0. The van der Waals surface area contributed by atoms with Gasteiger partial charge in [-0.15, -0.1) is 0 Å². The second-order valence-electron chi connectivity index (χ2n) is 5.20. The zero-order chi connectivity index (χ0) is 13.5. The Morgan fingerprint density at radius 3 is 2.61 bits per heavy atom. The molecule has 0 fully saturated rings. The molecular weight excluding hydrogens is 228 g/mol. The summed E-state index contributed by atoms with van der Waals surface area (Å²) in [5.41, 5.74) is 3.70. The molecule has 1 unspecified atom stereocenters. The number of ether oxygens (including phenoxy) is 1. The lowest BCUT2D eigenvalue weighted by atomic mass is 9.92. The van der Waals surface area contributed by atoms with Crippen LogP contribution in [-0.4, -0.2) is 16.7 Å². The van der Waals surface area contributed by atoms with E-state index in [1.165, 1.54) is 5.56 Å². The van der Waals surface area contributed by atoms with Crippen LogP contribution in [0.1, 0.15) is 35.6 Å². The maximum Gasteiger partial charge on any atom is 0.307 e.